The first kappa shape index (κ1) is 20.7. The fraction of sp³-hybridized carbons (Fsp3) is 0.333. The van der Waals surface area contributed by atoms with Crippen LogP contribution in [-0.2, 0) is 6.54 Å². The molecule has 26 heavy (non-hydrogen) atoms. The van der Waals surface area contributed by atoms with Crippen molar-refractivity contribution in [3.05, 3.63) is 53.7 Å². The number of halogens is 1. The van der Waals surface area contributed by atoms with Crippen molar-refractivity contribution in [1.29, 1.82) is 0 Å². The summed E-state index contributed by atoms with van der Waals surface area (Å²) in [7, 11) is 0. The van der Waals surface area contributed by atoms with Crippen molar-refractivity contribution in [2.45, 2.75) is 19.6 Å². The van der Waals surface area contributed by atoms with E-state index in [2.05, 4.69) is 32.9 Å². The minimum atomic E-state index is -0.598. The minimum Gasteiger partial charge on any atom is -0.386 e. The predicted molar refractivity (Wildman–Crippen MR) is 118 cm³/mol. The number of hydrogen-bond donors (Lipinski definition) is 3. The maximum absolute atomic E-state index is 10.4. The fourth-order valence-electron chi connectivity index (χ4n) is 2.50. The Bertz CT molecular complexity index is 785. The van der Waals surface area contributed by atoms with Crippen molar-refractivity contribution in [1.82, 2.24) is 20.4 Å². The molecular weight excluding hydrogens is 461 g/mol. The largest absolute Gasteiger partial charge is 0.386 e. The summed E-state index contributed by atoms with van der Waals surface area (Å²) in [5.74, 6) is 0.704. The van der Waals surface area contributed by atoms with Gasteiger partial charge in [0.1, 0.15) is 6.10 Å². The Labute approximate surface area is 174 Å². The highest BCUT2D eigenvalue weighted by atomic mass is 127. The van der Waals surface area contributed by atoms with Crippen LogP contribution in [0.2, 0.25) is 0 Å². The molecule has 3 aromatic rings. The molecule has 8 heteroatoms. The zero-order chi connectivity index (χ0) is 17.5. The summed E-state index contributed by atoms with van der Waals surface area (Å²) in [5, 5.41) is 22.2. The molecule has 6 nitrogen and oxygen atoms in total. The molecular formula is C18H24IN5OS. The first-order valence-corrected chi connectivity index (χ1v) is 9.24. The quantitative estimate of drug-likeness (QED) is 0.273. The van der Waals surface area contributed by atoms with Crippen molar-refractivity contribution in [2.24, 2.45) is 4.99 Å². The summed E-state index contributed by atoms with van der Waals surface area (Å²) < 4.78 is 3.05. The molecule has 3 N–H and O–H groups in total. The number of guanidine groups is 1. The van der Waals surface area contributed by atoms with Gasteiger partial charge < -0.3 is 15.7 Å². The zero-order valence-electron chi connectivity index (χ0n) is 14.6. The van der Waals surface area contributed by atoms with E-state index in [1.165, 1.54) is 4.70 Å². The Kier molecular flexibility index (Phi) is 8.33. The number of aliphatic hydroxyl groups is 1. The molecule has 0 aliphatic heterocycles. The number of hydrogen-bond acceptors (Lipinski definition) is 4. The summed E-state index contributed by atoms with van der Waals surface area (Å²) in [6.07, 6.45) is 3.09. The first-order chi connectivity index (χ1) is 12.3. The number of nitrogens with one attached hydrogen (secondary N) is 2. The van der Waals surface area contributed by atoms with Gasteiger partial charge in [-0.25, -0.2) is 0 Å². The Balaban J connectivity index is 0.00000243. The Morgan fingerprint density at radius 1 is 1.31 bits per heavy atom. The number of thiophene rings is 1. The first-order valence-electron chi connectivity index (χ1n) is 8.42. The number of fused-ring (bicyclic) bond motifs is 1. The summed E-state index contributed by atoms with van der Waals surface area (Å²) in [5.41, 5.74) is 0. The van der Waals surface area contributed by atoms with Gasteiger partial charge >= 0.3 is 0 Å². The maximum atomic E-state index is 10.4. The van der Waals surface area contributed by atoms with Gasteiger partial charge in [-0.3, -0.25) is 9.67 Å². The van der Waals surface area contributed by atoms with Gasteiger partial charge in [0.05, 0.1) is 13.1 Å². The van der Waals surface area contributed by atoms with Crippen LogP contribution in [0.4, 0.5) is 0 Å². The third-order valence-electron chi connectivity index (χ3n) is 3.73. The van der Waals surface area contributed by atoms with E-state index in [4.69, 9.17) is 0 Å². The number of aliphatic imine (C=N–C) groups is 1. The Hall–Kier alpha value is -1.65. The lowest BCUT2D eigenvalue weighted by Crippen LogP contribution is -2.39. The van der Waals surface area contributed by atoms with Gasteiger partial charge in [0, 0.05) is 35.1 Å². The molecule has 140 valence electrons. The molecule has 0 bridgehead atoms. The topological polar surface area (TPSA) is 74.5 Å². The van der Waals surface area contributed by atoms with E-state index in [0.717, 1.165) is 23.4 Å². The van der Waals surface area contributed by atoms with Crippen LogP contribution in [0.25, 0.3) is 10.1 Å². The molecule has 0 radical (unpaired) electrons. The van der Waals surface area contributed by atoms with Crippen molar-refractivity contribution in [3.63, 3.8) is 0 Å². The number of rotatable bonds is 7. The van der Waals surface area contributed by atoms with Gasteiger partial charge in [0.25, 0.3) is 0 Å². The standard InChI is InChI=1S/C18H23N5OS.HI/c1-2-19-18(20-9-11-23-10-5-8-22-23)21-13-15(24)17-12-14-6-3-4-7-16(14)25-17;/h3-8,10,12,15,24H,2,9,11,13H2,1H3,(H2,19,20,21);1H. The molecule has 1 atom stereocenters. The lowest BCUT2D eigenvalue weighted by molar-refractivity contribution is 0.191. The normalized spacial score (nSPS) is 12.6. The number of nitrogens with zero attached hydrogens (tertiary/aromatic N) is 3. The fourth-order valence-corrected chi connectivity index (χ4v) is 3.54. The highest BCUT2D eigenvalue weighted by Gasteiger charge is 2.11. The van der Waals surface area contributed by atoms with Crippen LogP contribution in [0.1, 0.15) is 17.9 Å². The molecule has 0 aliphatic carbocycles. The predicted octanol–water partition coefficient (Wildman–Crippen LogP) is 3.00. The van der Waals surface area contributed by atoms with Crippen LogP contribution in [0.15, 0.2) is 53.8 Å². The monoisotopic (exact) mass is 485 g/mol. The summed E-state index contributed by atoms with van der Waals surface area (Å²) in [6.45, 7) is 4.59. The van der Waals surface area contributed by atoms with Gasteiger partial charge in [-0.15, -0.1) is 35.3 Å². The highest BCUT2D eigenvalue weighted by Crippen LogP contribution is 2.29. The molecule has 3 rings (SSSR count). The van der Waals surface area contributed by atoms with E-state index in [0.29, 0.717) is 19.0 Å². The third-order valence-corrected chi connectivity index (χ3v) is 4.95. The number of aliphatic hydroxyl groups excluding tert-OH is 1. The molecule has 0 saturated heterocycles. The van der Waals surface area contributed by atoms with Gasteiger partial charge in [-0.2, -0.15) is 5.10 Å². The molecule has 0 saturated carbocycles. The van der Waals surface area contributed by atoms with E-state index in [1.807, 2.05) is 42.1 Å². The molecule has 0 amide bonds. The van der Waals surface area contributed by atoms with Gasteiger partial charge in [-0.05, 0) is 30.5 Å². The average Bonchev–Trinajstić information content (AvgIpc) is 3.28. The molecule has 0 aliphatic rings. The summed E-state index contributed by atoms with van der Waals surface area (Å²) >= 11 is 1.61. The lowest BCUT2D eigenvalue weighted by atomic mass is 10.2. The van der Waals surface area contributed by atoms with Crippen LogP contribution < -0.4 is 10.6 Å². The van der Waals surface area contributed by atoms with Gasteiger partial charge in [-0.1, -0.05) is 18.2 Å². The van der Waals surface area contributed by atoms with Crippen molar-refractivity contribution in [3.8, 4) is 0 Å². The second-order valence-corrected chi connectivity index (χ2v) is 6.73. The third kappa shape index (κ3) is 5.68. The van der Waals surface area contributed by atoms with E-state index < -0.39 is 6.10 Å². The molecule has 1 unspecified atom stereocenters. The summed E-state index contributed by atoms with van der Waals surface area (Å²) in [4.78, 5) is 5.44. The second-order valence-electron chi connectivity index (χ2n) is 5.62. The molecule has 1 aromatic carbocycles. The van der Waals surface area contributed by atoms with Crippen LogP contribution in [-0.4, -0.2) is 40.5 Å². The molecule has 0 fully saturated rings. The summed E-state index contributed by atoms with van der Waals surface area (Å²) in [6, 6.07) is 12.1. The van der Waals surface area contributed by atoms with Gasteiger partial charge in [0.15, 0.2) is 5.96 Å². The number of aromatic nitrogens is 2. The Morgan fingerprint density at radius 3 is 2.88 bits per heavy atom. The van der Waals surface area contributed by atoms with Crippen LogP contribution in [0.3, 0.4) is 0 Å². The second kappa shape index (κ2) is 10.5. The zero-order valence-corrected chi connectivity index (χ0v) is 17.8. The SMILES string of the molecule is CCNC(=NCC(O)c1cc2ccccc2s1)NCCn1cccn1.I. The molecule has 0 spiro atoms. The highest BCUT2D eigenvalue weighted by molar-refractivity contribution is 14.0. The van der Waals surface area contributed by atoms with Crippen molar-refractivity contribution >= 4 is 51.4 Å². The van der Waals surface area contributed by atoms with Gasteiger partial charge in [0.2, 0.25) is 0 Å². The van der Waals surface area contributed by atoms with Crippen LogP contribution in [0.5, 0.6) is 0 Å². The maximum Gasteiger partial charge on any atom is 0.191 e. The average molecular weight is 485 g/mol. The molecule has 2 heterocycles. The number of benzene rings is 1. The van der Waals surface area contributed by atoms with E-state index in [-0.39, 0.29) is 24.0 Å². The van der Waals surface area contributed by atoms with Crippen LogP contribution in [0, 0.1) is 0 Å². The van der Waals surface area contributed by atoms with E-state index >= 15 is 0 Å². The lowest BCUT2D eigenvalue weighted by Gasteiger charge is -2.12. The minimum absolute atomic E-state index is 0. The van der Waals surface area contributed by atoms with E-state index in [1.54, 1.807) is 17.5 Å². The van der Waals surface area contributed by atoms with Crippen LogP contribution >= 0.6 is 35.3 Å². The Morgan fingerprint density at radius 2 is 2.15 bits per heavy atom. The van der Waals surface area contributed by atoms with Crippen molar-refractivity contribution in [2.75, 3.05) is 19.6 Å². The molecule has 2 aromatic heterocycles. The van der Waals surface area contributed by atoms with E-state index in [9.17, 15) is 5.11 Å². The smallest absolute Gasteiger partial charge is 0.191 e. The van der Waals surface area contributed by atoms with Crippen molar-refractivity contribution < 1.29 is 5.11 Å².